The topological polar surface area (TPSA) is 4.93 Å². The molecule has 236 valence electrons. The zero-order chi connectivity index (χ0) is 33.0. The first-order valence-electron chi connectivity index (χ1n) is 17.4. The minimum absolute atomic E-state index is 0.224. The Morgan fingerprint density at radius 2 is 1.06 bits per heavy atom. The van der Waals surface area contributed by atoms with Crippen LogP contribution in [-0.2, 0) is 6.42 Å². The van der Waals surface area contributed by atoms with E-state index in [0.29, 0.717) is 0 Å². The fourth-order valence-electron chi connectivity index (χ4n) is 8.07. The predicted molar refractivity (Wildman–Crippen MR) is 215 cm³/mol. The van der Waals surface area contributed by atoms with Gasteiger partial charge in [-0.1, -0.05) is 152 Å². The van der Waals surface area contributed by atoms with Gasteiger partial charge in [-0.3, -0.25) is 0 Å². The smallest absolute Gasteiger partial charge is 0.0547 e. The maximum Gasteiger partial charge on any atom is 0.0547 e. The molecule has 0 spiro atoms. The minimum Gasteiger partial charge on any atom is -0.309 e. The van der Waals surface area contributed by atoms with Crippen LogP contribution >= 0.6 is 11.3 Å². The zero-order valence-corrected chi connectivity index (χ0v) is 28.3. The number of hydrogen-bond acceptors (Lipinski definition) is 1. The molecule has 0 saturated heterocycles. The Labute approximate surface area is 295 Å². The molecule has 2 heteroatoms. The van der Waals surface area contributed by atoms with Gasteiger partial charge in [0, 0.05) is 42.6 Å². The number of para-hydroxylation sites is 2. The van der Waals surface area contributed by atoms with Crippen molar-refractivity contribution in [1.29, 1.82) is 0 Å². The molecule has 1 unspecified atom stereocenters. The van der Waals surface area contributed by atoms with E-state index in [-0.39, 0.29) is 5.92 Å². The minimum atomic E-state index is 0.224. The molecule has 10 rings (SSSR count). The van der Waals surface area contributed by atoms with Gasteiger partial charge >= 0.3 is 0 Å². The summed E-state index contributed by atoms with van der Waals surface area (Å²) in [6.07, 6.45) is 0.947. The molecule has 0 amide bonds. The molecule has 8 aromatic carbocycles. The van der Waals surface area contributed by atoms with Crippen LogP contribution in [0.15, 0.2) is 182 Å². The predicted octanol–water partition coefficient (Wildman–Crippen LogP) is 13.3. The monoisotopic (exact) mass is 655 g/mol. The van der Waals surface area contributed by atoms with Crippen molar-refractivity contribution >= 4 is 64.1 Å². The quantitative estimate of drug-likeness (QED) is 0.168. The molecule has 1 nitrogen and oxygen atoms in total. The molecular formula is C48H33NS. The second-order valence-corrected chi connectivity index (χ2v) is 14.3. The largest absolute Gasteiger partial charge is 0.309 e. The van der Waals surface area contributed by atoms with E-state index in [9.17, 15) is 0 Å². The van der Waals surface area contributed by atoms with E-state index in [0.717, 1.165) is 6.42 Å². The molecule has 10 aromatic rings. The van der Waals surface area contributed by atoms with Crippen molar-refractivity contribution in [2.24, 2.45) is 0 Å². The molecular weight excluding hydrogens is 623 g/mol. The molecule has 0 aliphatic heterocycles. The average Bonchev–Trinajstić information content (AvgIpc) is 3.73. The highest BCUT2D eigenvalue weighted by molar-refractivity contribution is 7.26. The van der Waals surface area contributed by atoms with E-state index < -0.39 is 0 Å². The van der Waals surface area contributed by atoms with Crippen molar-refractivity contribution in [3.05, 3.63) is 199 Å². The Balaban J connectivity index is 1.14. The molecule has 0 N–H and O–H groups in total. The number of fused-ring (bicyclic) bond motifs is 7. The highest BCUT2D eigenvalue weighted by Gasteiger charge is 2.22. The summed E-state index contributed by atoms with van der Waals surface area (Å²) in [6, 6.07) is 67.0. The Bertz CT molecular complexity index is 2840. The van der Waals surface area contributed by atoms with Crippen LogP contribution in [0.3, 0.4) is 0 Å². The number of nitrogens with zero attached hydrogens (tertiary/aromatic N) is 1. The Morgan fingerprint density at radius 3 is 1.92 bits per heavy atom. The van der Waals surface area contributed by atoms with Crippen LogP contribution in [0.2, 0.25) is 0 Å². The Hall–Kier alpha value is -5.96. The zero-order valence-electron chi connectivity index (χ0n) is 27.5. The van der Waals surface area contributed by atoms with Crippen LogP contribution < -0.4 is 0 Å². The van der Waals surface area contributed by atoms with Crippen LogP contribution in [0.1, 0.15) is 22.6 Å². The first-order valence-corrected chi connectivity index (χ1v) is 18.2. The van der Waals surface area contributed by atoms with E-state index in [1.54, 1.807) is 0 Å². The first-order chi connectivity index (χ1) is 24.8. The summed E-state index contributed by atoms with van der Waals surface area (Å²) < 4.78 is 5.11. The molecule has 50 heavy (non-hydrogen) atoms. The summed E-state index contributed by atoms with van der Waals surface area (Å²) in [6.45, 7) is 0. The van der Waals surface area contributed by atoms with Gasteiger partial charge in [0.25, 0.3) is 0 Å². The highest BCUT2D eigenvalue weighted by atomic mass is 32.1. The van der Waals surface area contributed by atoms with Gasteiger partial charge in [0.15, 0.2) is 0 Å². The molecule has 2 aromatic heterocycles. The SMILES string of the molecule is c1ccc(CC(c2cccc3ccccc23)c2cccc3c2sc2cc(-c4ccc5c6ccccc6n(-c6ccccc6)c5c4)ccc23)cc1. The van der Waals surface area contributed by atoms with Crippen molar-refractivity contribution in [2.45, 2.75) is 12.3 Å². The van der Waals surface area contributed by atoms with Gasteiger partial charge in [-0.15, -0.1) is 11.3 Å². The summed E-state index contributed by atoms with van der Waals surface area (Å²) in [5.41, 5.74) is 10.3. The van der Waals surface area contributed by atoms with Crippen molar-refractivity contribution in [3.8, 4) is 16.8 Å². The highest BCUT2D eigenvalue weighted by Crippen LogP contribution is 2.44. The van der Waals surface area contributed by atoms with E-state index in [1.807, 2.05) is 11.3 Å². The molecule has 0 saturated carbocycles. The molecule has 0 radical (unpaired) electrons. The standard InChI is InChI=1S/C48H33NS/c1-3-13-32(14-4-1)29-44(38-21-11-16-33-15-7-8-19-37(33)38)43-23-12-22-42-41-28-26-35(31-47(41)50-48(42)43)34-25-27-40-39-20-9-10-24-45(39)49(46(40)30-34)36-17-5-2-6-18-36/h1-28,30-31,44H,29H2. The number of hydrogen-bond donors (Lipinski definition) is 0. The van der Waals surface area contributed by atoms with E-state index in [1.165, 1.54) is 86.3 Å². The van der Waals surface area contributed by atoms with Crippen LogP contribution in [0.5, 0.6) is 0 Å². The molecule has 0 bridgehead atoms. The molecule has 1 atom stereocenters. The first kappa shape index (κ1) is 29.0. The lowest BCUT2D eigenvalue weighted by molar-refractivity contribution is 0.820. The van der Waals surface area contributed by atoms with Gasteiger partial charge in [0.2, 0.25) is 0 Å². The molecule has 0 aliphatic carbocycles. The van der Waals surface area contributed by atoms with Crippen LogP contribution in [0.25, 0.3) is 69.6 Å². The number of rotatable bonds is 6. The lowest BCUT2D eigenvalue weighted by Crippen LogP contribution is -2.06. The average molecular weight is 656 g/mol. The summed E-state index contributed by atoms with van der Waals surface area (Å²) in [4.78, 5) is 0. The van der Waals surface area contributed by atoms with Gasteiger partial charge in [-0.2, -0.15) is 0 Å². The third-order valence-corrected chi connectivity index (χ3v) is 11.6. The molecule has 0 aliphatic rings. The maximum atomic E-state index is 2.41. The van der Waals surface area contributed by atoms with Crippen LogP contribution in [0.4, 0.5) is 0 Å². The van der Waals surface area contributed by atoms with E-state index in [4.69, 9.17) is 0 Å². The van der Waals surface area contributed by atoms with Gasteiger partial charge in [0.1, 0.15) is 0 Å². The van der Waals surface area contributed by atoms with E-state index in [2.05, 4.69) is 187 Å². The number of aromatic nitrogens is 1. The van der Waals surface area contributed by atoms with Crippen molar-refractivity contribution in [3.63, 3.8) is 0 Å². The summed E-state index contributed by atoms with van der Waals surface area (Å²) in [5.74, 6) is 0.224. The van der Waals surface area contributed by atoms with E-state index >= 15 is 0 Å². The van der Waals surface area contributed by atoms with Crippen molar-refractivity contribution < 1.29 is 0 Å². The van der Waals surface area contributed by atoms with Gasteiger partial charge < -0.3 is 4.57 Å². The third-order valence-electron chi connectivity index (χ3n) is 10.4. The number of thiophene rings is 1. The Morgan fingerprint density at radius 1 is 0.440 bits per heavy atom. The summed E-state index contributed by atoms with van der Waals surface area (Å²) in [7, 11) is 0. The lowest BCUT2D eigenvalue weighted by atomic mass is 9.83. The van der Waals surface area contributed by atoms with Crippen LogP contribution in [0, 0.1) is 0 Å². The second-order valence-electron chi connectivity index (χ2n) is 13.3. The van der Waals surface area contributed by atoms with Crippen molar-refractivity contribution in [1.82, 2.24) is 4.57 Å². The fourth-order valence-corrected chi connectivity index (χ4v) is 9.38. The second kappa shape index (κ2) is 11.9. The molecule has 2 heterocycles. The van der Waals surface area contributed by atoms with Gasteiger partial charge in [-0.05, 0) is 75.3 Å². The third kappa shape index (κ3) is 4.75. The van der Waals surface area contributed by atoms with Crippen molar-refractivity contribution in [2.75, 3.05) is 0 Å². The molecule has 0 fully saturated rings. The van der Waals surface area contributed by atoms with Crippen LogP contribution in [-0.4, -0.2) is 4.57 Å². The number of benzene rings is 8. The summed E-state index contributed by atoms with van der Waals surface area (Å²) in [5, 5.41) is 7.85. The van der Waals surface area contributed by atoms with Gasteiger partial charge in [0.05, 0.1) is 11.0 Å². The normalized spacial score (nSPS) is 12.4. The Kier molecular flexibility index (Phi) is 6.89. The van der Waals surface area contributed by atoms with Gasteiger partial charge in [-0.25, -0.2) is 0 Å². The summed E-state index contributed by atoms with van der Waals surface area (Å²) >= 11 is 1.94. The maximum absolute atomic E-state index is 2.41. The fraction of sp³-hybridized carbons (Fsp3) is 0.0417. The lowest BCUT2D eigenvalue weighted by Gasteiger charge is -2.21.